The summed E-state index contributed by atoms with van der Waals surface area (Å²) in [5.74, 6) is 1.31. The van der Waals surface area contributed by atoms with Gasteiger partial charge in [0.1, 0.15) is 11.6 Å². The second kappa shape index (κ2) is 9.38. The zero-order valence-corrected chi connectivity index (χ0v) is 16.7. The summed E-state index contributed by atoms with van der Waals surface area (Å²) < 4.78 is 13.2. The van der Waals surface area contributed by atoms with Crippen molar-refractivity contribution in [1.29, 1.82) is 0 Å². The van der Waals surface area contributed by atoms with Crippen molar-refractivity contribution in [2.45, 2.75) is 52.7 Å². The lowest BCUT2D eigenvalue weighted by Gasteiger charge is -2.34. The Bertz CT molecular complexity index is 717. The van der Waals surface area contributed by atoms with Gasteiger partial charge in [-0.05, 0) is 42.6 Å². The van der Waals surface area contributed by atoms with Crippen LogP contribution in [0.1, 0.15) is 44.3 Å². The van der Waals surface area contributed by atoms with E-state index in [0.717, 1.165) is 57.1 Å². The molecule has 1 saturated heterocycles. The fraction of sp³-hybridized carbons (Fsp3) is 0.545. The molecule has 1 aliphatic rings. The molecule has 1 aromatic carbocycles. The number of hydrogen-bond acceptors (Lipinski definition) is 4. The van der Waals surface area contributed by atoms with Crippen LogP contribution in [0.3, 0.4) is 0 Å². The first-order valence-electron chi connectivity index (χ1n) is 10.1. The molecule has 0 N–H and O–H groups in total. The minimum Gasteiger partial charge on any atom is -0.296 e. The summed E-state index contributed by atoms with van der Waals surface area (Å²) in [5.41, 5.74) is 2.29. The third kappa shape index (κ3) is 5.56. The number of benzene rings is 1. The first kappa shape index (κ1) is 19.9. The highest BCUT2D eigenvalue weighted by atomic mass is 19.1. The number of rotatable bonds is 6. The fourth-order valence-corrected chi connectivity index (χ4v) is 3.86. The SMILES string of the molecule is CCc1nccc(CN2CCCN(Cc3ccc(F)cc3)C(C(C)C)C2)n1. The minimum absolute atomic E-state index is 0.169. The van der Waals surface area contributed by atoms with Crippen LogP contribution in [0.5, 0.6) is 0 Å². The van der Waals surface area contributed by atoms with Crippen LogP contribution >= 0.6 is 0 Å². The predicted molar refractivity (Wildman–Crippen MR) is 107 cm³/mol. The van der Waals surface area contributed by atoms with Crippen LogP contribution in [-0.4, -0.2) is 45.4 Å². The lowest BCUT2D eigenvalue weighted by atomic mass is 10.0. The molecule has 1 atom stereocenters. The second-order valence-electron chi connectivity index (χ2n) is 7.81. The van der Waals surface area contributed by atoms with Crippen molar-refractivity contribution >= 4 is 0 Å². The summed E-state index contributed by atoms with van der Waals surface area (Å²) in [6.07, 6.45) is 3.88. The van der Waals surface area contributed by atoms with E-state index in [1.165, 1.54) is 5.56 Å². The average Bonchev–Trinajstić information content (AvgIpc) is 2.86. The van der Waals surface area contributed by atoms with Gasteiger partial charge in [-0.3, -0.25) is 9.80 Å². The van der Waals surface area contributed by atoms with Crippen molar-refractivity contribution in [3.05, 3.63) is 59.4 Å². The van der Waals surface area contributed by atoms with Crippen molar-refractivity contribution in [2.24, 2.45) is 5.92 Å². The Morgan fingerprint density at radius 3 is 2.59 bits per heavy atom. The highest BCUT2D eigenvalue weighted by Gasteiger charge is 2.27. The van der Waals surface area contributed by atoms with Gasteiger partial charge < -0.3 is 0 Å². The quantitative estimate of drug-likeness (QED) is 0.772. The van der Waals surface area contributed by atoms with Crippen molar-refractivity contribution in [3.63, 3.8) is 0 Å². The molecule has 5 heteroatoms. The van der Waals surface area contributed by atoms with E-state index in [4.69, 9.17) is 0 Å². The molecule has 0 saturated carbocycles. The Morgan fingerprint density at radius 2 is 1.89 bits per heavy atom. The summed E-state index contributed by atoms with van der Waals surface area (Å²) >= 11 is 0. The van der Waals surface area contributed by atoms with E-state index in [9.17, 15) is 4.39 Å². The molecule has 0 spiro atoms. The van der Waals surface area contributed by atoms with Gasteiger partial charge in [0.15, 0.2) is 0 Å². The van der Waals surface area contributed by atoms with Crippen LogP contribution in [-0.2, 0) is 19.5 Å². The van der Waals surface area contributed by atoms with Crippen LogP contribution in [0, 0.1) is 11.7 Å². The Labute approximate surface area is 162 Å². The maximum Gasteiger partial charge on any atom is 0.128 e. The molecule has 1 aromatic heterocycles. The van der Waals surface area contributed by atoms with Crippen molar-refractivity contribution < 1.29 is 4.39 Å². The smallest absolute Gasteiger partial charge is 0.128 e. The van der Waals surface area contributed by atoms with Crippen molar-refractivity contribution in [3.8, 4) is 0 Å². The number of aromatic nitrogens is 2. The van der Waals surface area contributed by atoms with Gasteiger partial charge in [0.05, 0.1) is 5.69 Å². The summed E-state index contributed by atoms with van der Waals surface area (Å²) in [6, 6.07) is 9.44. The maximum atomic E-state index is 13.2. The van der Waals surface area contributed by atoms with Crippen LogP contribution in [0.25, 0.3) is 0 Å². The lowest BCUT2D eigenvalue weighted by Crippen LogP contribution is -2.44. The molecule has 0 amide bonds. The van der Waals surface area contributed by atoms with Crippen LogP contribution in [0.2, 0.25) is 0 Å². The molecule has 146 valence electrons. The van der Waals surface area contributed by atoms with E-state index in [-0.39, 0.29) is 5.82 Å². The highest BCUT2D eigenvalue weighted by molar-refractivity contribution is 5.16. The van der Waals surface area contributed by atoms with E-state index in [0.29, 0.717) is 12.0 Å². The van der Waals surface area contributed by atoms with E-state index in [1.807, 2.05) is 24.4 Å². The molecular formula is C22H31FN4. The molecule has 3 rings (SSSR count). The zero-order valence-electron chi connectivity index (χ0n) is 16.7. The largest absolute Gasteiger partial charge is 0.296 e. The van der Waals surface area contributed by atoms with Crippen LogP contribution in [0.4, 0.5) is 4.39 Å². The zero-order chi connectivity index (χ0) is 19.2. The first-order valence-corrected chi connectivity index (χ1v) is 10.1. The highest BCUT2D eigenvalue weighted by Crippen LogP contribution is 2.21. The first-order chi connectivity index (χ1) is 13.0. The Kier molecular flexibility index (Phi) is 6.91. The number of nitrogens with zero attached hydrogens (tertiary/aromatic N) is 4. The third-order valence-corrected chi connectivity index (χ3v) is 5.37. The van der Waals surface area contributed by atoms with E-state index in [2.05, 4.69) is 40.5 Å². The van der Waals surface area contributed by atoms with E-state index >= 15 is 0 Å². The van der Waals surface area contributed by atoms with Gasteiger partial charge in [-0.25, -0.2) is 14.4 Å². The van der Waals surface area contributed by atoms with Gasteiger partial charge >= 0.3 is 0 Å². The number of halogens is 1. The molecule has 0 aliphatic carbocycles. The topological polar surface area (TPSA) is 32.3 Å². The summed E-state index contributed by atoms with van der Waals surface area (Å²) in [7, 11) is 0. The standard InChI is InChI=1S/C22H31FN4/c1-4-22-24-11-10-20(25-22)15-26-12-5-13-27(21(16-26)17(2)3)14-18-6-8-19(23)9-7-18/h6-11,17,21H,4-5,12-16H2,1-3H3. The normalized spacial score (nSPS) is 19.4. The average molecular weight is 371 g/mol. The third-order valence-electron chi connectivity index (χ3n) is 5.37. The van der Waals surface area contributed by atoms with Gasteiger partial charge in [0.25, 0.3) is 0 Å². The molecule has 1 unspecified atom stereocenters. The molecule has 1 fully saturated rings. The lowest BCUT2D eigenvalue weighted by molar-refractivity contribution is 0.129. The van der Waals surface area contributed by atoms with Gasteiger partial charge in [-0.2, -0.15) is 0 Å². The Morgan fingerprint density at radius 1 is 1.11 bits per heavy atom. The molecule has 27 heavy (non-hydrogen) atoms. The van der Waals surface area contributed by atoms with Crippen molar-refractivity contribution in [1.82, 2.24) is 19.8 Å². The van der Waals surface area contributed by atoms with E-state index in [1.54, 1.807) is 12.1 Å². The molecule has 2 heterocycles. The summed E-state index contributed by atoms with van der Waals surface area (Å²) in [5, 5.41) is 0. The second-order valence-corrected chi connectivity index (χ2v) is 7.81. The van der Waals surface area contributed by atoms with Gasteiger partial charge in [0, 0.05) is 44.8 Å². The summed E-state index contributed by atoms with van der Waals surface area (Å²) in [6.45, 7) is 11.6. The summed E-state index contributed by atoms with van der Waals surface area (Å²) in [4.78, 5) is 14.1. The number of aryl methyl sites for hydroxylation is 1. The maximum absolute atomic E-state index is 13.2. The Balaban J connectivity index is 1.69. The van der Waals surface area contributed by atoms with Crippen LogP contribution in [0.15, 0.2) is 36.5 Å². The minimum atomic E-state index is -0.169. The van der Waals surface area contributed by atoms with Crippen molar-refractivity contribution in [2.75, 3.05) is 19.6 Å². The van der Waals surface area contributed by atoms with Crippen LogP contribution < -0.4 is 0 Å². The fourth-order valence-electron chi connectivity index (χ4n) is 3.86. The monoisotopic (exact) mass is 370 g/mol. The Hall–Kier alpha value is -1.85. The molecule has 2 aromatic rings. The number of hydrogen-bond donors (Lipinski definition) is 0. The van der Waals surface area contributed by atoms with Gasteiger partial charge in [-0.15, -0.1) is 0 Å². The molecular weight excluding hydrogens is 339 g/mol. The van der Waals surface area contributed by atoms with E-state index < -0.39 is 0 Å². The molecule has 0 radical (unpaired) electrons. The molecule has 4 nitrogen and oxygen atoms in total. The molecule has 1 aliphatic heterocycles. The molecule has 0 bridgehead atoms. The van der Waals surface area contributed by atoms with Gasteiger partial charge in [0.2, 0.25) is 0 Å². The van der Waals surface area contributed by atoms with Gasteiger partial charge in [-0.1, -0.05) is 32.9 Å². The predicted octanol–water partition coefficient (Wildman–Crippen LogP) is 3.91.